The second-order valence-corrected chi connectivity index (χ2v) is 12.4. The first-order valence-electron chi connectivity index (χ1n) is 12.0. The Hall–Kier alpha value is -1.14. The average molecular weight is 439 g/mol. The second kappa shape index (κ2) is 8.66. The highest BCUT2D eigenvalue weighted by molar-refractivity contribution is 6.00. The number of hydrogen-bond acceptors (Lipinski definition) is 6. The van der Waals surface area contributed by atoms with Crippen LogP contribution in [0.25, 0.3) is 0 Å². The number of piperidine rings is 2. The van der Waals surface area contributed by atoms with E-state index in [2.05, 4.69) is 66.0 Å². The minimum Gasteiger partial charge on any atom is -0.461 e. The molecule has 2 fully saturated rings. The summed E-state index contributed by atoms with van der Waals surface area (Å²) in [5, 5.41) is 7.21. The summed E-state index contributed by atoms with van der Waals surface area (Å²) >= 11 is 0. The van der Waals surface area contributed by atoms with E-state index < -0.39 is 17.4 Å². The van der Waals surface area contributed by atoms with Crippen molar-refractivity contribution in [3.05, 3.63) is 0 Å². The molecule has 0 aromatic heterocycles. The van der Waals surface area contributed by atoms with Gasteiger partial charge in [0.15, 0.2) is 5.41 Å². The molecule has 0 unspecified atom stereocenters. The van der Waals surface area contributed by atoms with Gasteiger partial charge in [-0.3, -0.25) is 9.59 Å². The Morgan fingerprint density at radius 1 is 0.677 bits per heavy atom. The molecule has 180 valence electrons. The van der Waals surface area contributed by atoms with Crippen molar-refractivity contribution in [2.75, 3.05) is 0 Å². The molecule has 0 aliphatic carbocycles. The first kappa shape index (κ1) is 26.1. The zero-order valence-corrected chi connectivity index (χ0v) is 21.5. The highest BCUT2D eigenvalue weighted by atomic mass is 16.6. The summed E-state index contributed by atoms with van der Waals surface area (Å²) in [4.78, 5) is 26.8. The zero-order valence-electron chi connectivity index (χ0n) is 21.5. The Labute approximate surface area is 189 Å². The molecular formula is C25H46N2O4. The van der Waals surface area contributed by atoms with Gasteiger partial charge in [-0.05, 0) is 68.2 Å². The summed E-state index contributed by atoms with van der Waals surface area (Å²) in [7, 11) is 0. The number of rotatable bonds is 6. The standard InChI is InChI=1S/C25H46N2O4/c1-11-25(12-2,19(28)30-17-13-21(3,4)26-22(5,6)14-17)20(29)31-18-15-23(7,8)27-24(9,10)16-18/h17-18,26-27H,11-16H2,1-10H3. The van der Waals surface area contributed by atoms with Gasteiger partial charge in [-0.2, -0.15) is 0 Å². The van der Waals surface area contributed by atoms with Crippen LogP contribution < -0.4 is 10.6 Å². The van der Waals surface area contributed by atoms with Gasteiger partial charge in [-0.15, -0.1) is 0 Å². The second-order valence-electron chi connectivity index (χ2n) is 12.4. The lowest BCUT2D eigenvalue weighted by Crippen LogP contribution is -2.61. The van der Waals surface area contributed by atoms with Crippen LogP contribution in [0.5, 0.6) is 0 Å². The average Bonchev–Trinajstić information content (AvgIpc) is 2.50. The molecule has 0 aromatic rings. The van der Waals surface area contributed by atoms with Crippen LogP contribution in [0.3, 0.4) is 0 Å². The van der Waals surface area contributed by atoms with Crippen LogP contribution in [0.4, 0.5) is 0 Å². The van der Waals surface area contributed by atoms with Crippen molar-refractivity contribution < 1.29 is 19.1 Å². The van der Waals surface area contributed by atoms with Crippen LogP contribution >= 0.6 is 0 Å². The molecule has 2 rings (SSSR count). The maximum atomic E-state index is 13.4. The normalized spacial score (nSPS) is 25.6. The number of ether oxygens (including phenoxy) is 2. The van der Waals surface area contributed by atoms with Crippen LogP contribution in [0.1, 0.15) is 108 Å². The minimum atomic E-state index is -1.25. The van der Waals surface area contributed by atoms with Gasteiger partial charge in [0.2, 0.25) is 0 Å². The number of esters is 2. The van der Waals surface area contributed by atoms with E-state index in [1.54, 1.807) is 0 Å². The van der Waals surface area contributed by atoms with Crippen molar-refractivity contribution in [1.29, 1.82) is 0 Å². The molecule has 0 bridgehead atoms. The van der Waals surface area contributed by atoms with Crippen LogP contribution in [-0.2, 0) is 19.1 Å². The Balaban J connectivity index is 2.16. The SMILES string of the molecule is CCC(CC)(C(=O)OC1CC(C)(C)NC(C)(C)C1)C(=O)OC1CC(C)(C)NC(C)(C)C1. The predicted octanol–water partition coefficient (Wildman–Crippen LogP) is 4.50. The monoisotopic (exact) mass is 438 g/mol. The molecule has 31 heavy (non-hydrogen) atoms. The molecule has 0 atom stereocenters. The molecule has 2 aliphatic heterocycles. The van der Waals surface area contributed by atoms with Gasteiger partial charge in [0, 0.05) is 47.8 Å². The van der Waals surface area contributed by atoms with Gasteiger partial charge < -0.3 is 20.1 Å². The Morgan fingerprint density at radius 3 is 1.16 bits per heavy atom. The van der Waals surface area contributed by atoms with Gasteiger partial charge in [-0.1, -0.05) is 13.8 Å². The van der Waals surface area contributed by atoms with Gasteiger partial charge in [0.1, 0.15) is 12.2 Å². The van der Waals surface area contributed by atoms with Gasteiger partial charge in [0.05, 0.1) is 0 Å². The van der Waals surface area contributed by atoms with Gasteiger partial charge in [-0.25, -0.2) is 0 Å². The number of hydrogen-bond donors (Lipinski definition) is 2. The van der Waals surface area contributed by atoms with Crippen LogP contribution in [0.2, 0.25) is 0 Å². The lowest BCUT2D eigenvalue weighted by Gasteiger charge is -2.47. The van der Waals surface area contributed by atoms with Gasteiger partial charge >= 0.3 is 11.9 Å². The fraction of sp³-hybridized carbons (Fsp3) is 0.920. The Kier molecular flexibility index (Phi) is 7.30. The van der Waals surface area contributed by atoms with E-state index in [1.165, 1.54) is 0 Å². The molecule has 6 nitrogen and oxygen atoms in total. The maximum Gasteiger partial charge on any atom is 0.323 e. The third-order valence-electron chi connectivity index (χ3n) is 6.84. The predicted molar refractivity (Wildman–Crippen MR) is 124 cm³/mol. The molecule has 2 saturated heterocycles. The van der Waals surface area contributed by atoms with Crippen LogP contribution in [0, 0.1) is 5.41 Å². The van der Waals surface area contributed by atoms with E-state index in [0.717, 1.165) is 25.7 Å². The number of carbonyl (C=O) groups is 2. The third-order valence-corrected chi connectivity index (χ3v) is 6.84. The highest BCUT2D eigenvalue weighted by Gasteiger charge is 2.50. The van der Waals surface area contributed by atoms with E-state index in [9.17, 15) is 9.59 Å². The van der Waals surface area contributed by atoms with Crippen molar-refractivity contribution in [2.45, 2.75) is 142 Å². The number of nitrogens with one attached hydrogen (secondary N) is 2. The van der Waals surface area contributed by atoms with Crippen molar-refractivity contribution in [3.8, 4) is 0 Å². The zero-order chi connectivity index (χ0) is 23.9. The lowest BCUT2D eigenvalue weighted by molar-refractivity contribution is -0.183. The Bertz CT molecular complexity index is 591. The molecule has 6 heteroatoms. The van der Waals surface area contributed by atoms with E-state index in [0.29, 0.717) is 12.8 Å². The molecule has 0 amide bonds. The first-order chi connectivity index (χ1) is 13.9. The Morgan fingerprint density at radius 2 is 0.935 bits per heavy atom. The molecule has 2 N–H and O–H groups in total. The van der Waals surface area contributed by atoms with Crippen molar-refractivity contribution >= 4 is 11.9 Å². The van der Waals surface area contributed by atoms with E-state index in [1.807, 2.05) is 13.8 Å². The van der Waals surface area contributed by atoms with Crippen LogP contribution in [-0.4, -0.2) is 46.3 Å². The molecule has 2 aliphatic rings. The topological polar surface area (TPSA) is 76.7 Å². The van der Waals surface area contributed by atoms with Crippen molar-refractivity contribution in [3.63, 3.8) is 0 Å². The van der Waals surface area contributed by atoms with Crippen molar-refractivity contribution in [1.82, 2.24) is 10.6 Å². The van der Waals surface area contributed by atoms with E-state index in [4.69, 9.17) is 9.47 Å². The van der Waals surface area contributed by atoms with E-state index >= 15 is 0 Å². The molecule has 0 radical (unpaired) electrons. The molecule has 0 saturated carbocycles. The quantitative estimate of drug-likeness (QED) is 0.470. The molecule has 0 spiro atoms. The fourth-order valence-electron chi connectivity index (χ4n) is 6.06. The smallest absolute Gasteiger partial charge is 0.323 e. The summed E-state index contributed by atoms with van der Waals surface area (Å²) < 4.78 is 12.0. The van der Waals surface area contributed by atoms with E-state index in [-0.39, 0.29) is 34.4 Å². The minimum absolute atomic E-state index is 0.138. The first-order valence-corrected chi connectivity index (χ1v) is 12.0. The number of carbonyl (C=O) groups excluding carboxylic acids is 2. The van der Waals surface area contributed by atoms with Crippen molar-refractivity contribution in [2.24, 2.45) is 5.41 Å². The maximum absolute atomic E-state index is 13.4. The lowest BCUT2D eigenvalue weighted by atomic mass is 9.79. The summed E-state index contributed by atoms with van der Waals surface area (Å²) in [6, 6.07) is 0. The summed E-state index contributed by atoms with van der Waals surface area (Å²) in [5.41, 5.74) is -1.81. The summed E-state index contributed by atoms with van der Waals surface area (Å²) in [5.74, 6) is -0.873. The molecule has 0 aromatic carbocycles. The largest absolute Gasteiger partial charge is 0.461 e. The molecule has 2 heterocycles. The fourth-order valence-corrected chi connectivity index (χ4v) is 6.06. The summed E-state index contributed by atoms with van der Waals surface area (Å²) in [6.45, 7) is 20.7. The summed E-state index contributed by atoms with van der Waals surface area (Å²) in [6.07, 6.45) is 3.18. The molecular weight excluding hydrogens is 392 g/mol. The highest BCUT2D eigenvalue weighted by Crippen LogP contribution is 2.37. The third kappa shape index (κ3) is 6.44. The van der Waals surface area contributed by atoms with Gasteiger partial charge in [0.25, 0.3) is 0 Å². The van der Waals surface area contributed by atoms with Crippen LogP contribution in [0.15, 0.2) is 0 Å².